The van der Waals surface area contributed by atoms with Crippen molar-refractivity contribution in [1.29, 1.82) is 31.6 Å². The third-order valence-corrected chi connectivity index (χ3v) is 29.6. The molecule has 0 aliphatic heterocycles. The highest BCUT2D eigenvalue weighted by Gasteiger charge is 2.33. The lowest BCUT2D eigenvalue weighted by molar-refractivity contribution is 1.16. The summed E-state index contributed by atoms with van der Waals surface area (Å²) in [6.45, 7) is 0. The number of nitriles is 6. The molecule has 0 saturated heterocycles. The van der Waals surface area contributed by atoms with E-state index in [1.54, 1.807) is 0 Å². The zero-order chi connectivity index (χ0) is 97.9. The minimum Gasteiger partial charge on any atom is -0.309 e. The number of aromatic nitrogens is 9. The van der Waals surface area contributed by atoms with Gasteiger partial charge in [-0.05, 0) is 188 Å². The lowest BCUT2D eigenvalue weighted by Crippen LogP contribution is -1.98. The normalized spacial score (nSPS) is 11.6. The smallest absolute Gasteiger partial charge is 0.101 e. The van der Waals surface area contributed by atoms with Crippen molar-refractivity contribution in [3.63, 3.8) is 0 Å². The van der Waals surface area contributed by atoms with Crippen LogP contribution in [0.25, 0.3) is 247 Å². The summed E-state index contributed by atoms with van der Waals surface area (Å²) in [7, 11) is 0. The van der Waals surface area contributed by atoms with Crippen LogP contribution in [0.5, 0.6) is 0 Å². The first kappa shape index (κ1) is 83.9. The Balaban J connectivity index is 0.000000107. The number of hydrogen-bond acceptors (Lipinski definition) is 6. The summed E-state index contributed by atoms with van der Waals surface area (Å²) < 4.78 is 20.6. The Hall–Kier alpha value is -21.2. The number of nitrogens with zero attached hydrogens (tertiary/aromatic N) is 15. The van der Waals surface area contributed by atoms with Gasteiger partial charge < -0.3 is 41.1 Å². The minimum absolute atomic E-state index is 0.572. The lowest BCUT2D eigenvalue weighted by atomic mass is 10.0. The molecule has 0 N–H and O–H groups in total. The van der Waals surface area contributed by atoms with Gasteiger partial charge in [0.25, 0.3) is 0 Å². The molecule has 30 rings (SSSR count). The van der Waals surface area contributed by atoms with Gasteiger partial charge in [0, 0.05) is 131 Å². The van der Waals surface area contributed by atoms with Gasteiger partial charge in [-0.2, -0.15) is 31.6 Å². The largest absolute Gasteiger partial charge is 0.309 e. The molecule has 9 aromatic heterocycles. The van der Waals surface area contributed by atoms with Crippen LogP contribution in [-0.2, 0) is 0 Å². The molecule has 30 aromatic rings. The highest BCUT2D eigenvalue weighted by atomic mass is 15.1. The van der Waals surface area contributed by atoms with Gasteiger partial charge >= 0.3 is 0 Å². The van der Waals surface area contributed by atoms with Crippen LogP contribution in [-0.4, -0.2) is 41.1 Å². The van der Waals surface area contributed by atoms with Crippen LogP contribution in [0, 0.1) is 68.0 Å². The standard InChI is InChI=1S/3C44H25N5/c45-26-28-13-7-10-20-35(28)49-37-22-12-9-19-33(37)41-38(49)24-23-34-40-29(27-46)25-39-42(44(40)48(43(34)41)31-16-5-2-6-17-31)32-18-8-11-21-36(32)47(39)30-14-3-1-4-15-30;45-26-28-13-7-10-20-35(28)49-37-22-12-9-19-33(37)42-39(49)25-29(27-46)40-34-23-24-38-41(43(34)48(44(40)42)31-16-5-2-6-17-31)32-18-8-11-21-36(32)47(38)30-14-3-1-4-15-30;45-26-28-12-7-9-19-35(28)49-37-21-11-13-29(27-46)40(37)42-39(49)25-23-33-32-22-24-38-41(43(32)48(44(33)42)31-16-5-2-6-17-31)34-18-8-10-20-36(34)47(38)30-14-3-1-4-15-30/h3*1-25H. The Bertz CT molecular complexity index is 11100. The van der Waals surface area contributed by atoms with Crippen molar-refractivity contribution in [1.82, 2.24) is 41.1 Å². The van der Waals surface area contributed by atoms with E-state index in [9.17, 15) is 31.6 Å². The van der Waals surface area contributed by atoms with Crippen LogP contribution < -0.4 is 0 Å². The summed E-state index contributed by atoms with van der Waals surface area (Å²) in [4.78, 5) is 0. The molecular formula is C132H75N15. The quantitative estimate of drug-likeness (QED) is 0.138. The second-order valence-corrected chi connectivity index (χ2v) is 37.0. The summed E-state index contributed by atoms with van der Waals surface area (Å²) in [6.07, 6.45) is 0. The van der Waals surface area contributed by atoms with Crippen LogP contribution in [0.3, 0.4) is 0 Å². The van der Waals surface area contributed by atoms with E-state index < -0.39 is 0 Å². The number of fused-ring (bicyclic) bond motifs is 33. The summed E-state index contributed by atoms with van der Waals surface area (Å²) in [5.41, 5.74) is 30.7. The van der Waals surface area contributed by atoms with Crippen LogP contribution in [0.2, 0.25) is 0 Å². The molecule has 9 heterocycles. The van der Waals surface area contributed by atoms with E-state index in [2.05, 4.69) is 399 Å². The number of para-hydroxylation sites is 14. The highest BCUT2D eigenvalue weighted by molar-refractivity contribution is 6.37. The summed E-state index contributed by atoms with van der Waals surface area (Å²) in [5, 5.41) is 81.8. The van der Waals surface area contributed by atoms with E-state index in [1.165, 1.54) is 10.8 Å². The SMILES string of the molecule is N#Cc1ccccc1-n1c2cccc(C#N)c2c2c1ccc1c3ccc4c(c5ccccc5n4-c4ccccc4)c3n(-c3ccccc3)c12.N#Cc1ccccc1-n1c2ccccc2c2c1cc(C#N)c1c3ccc4c(c5ccccc5n4-c4ccccc4)c3n(-c3ccccc3)c12.N#Cc1ccccc1-n1c2ccccc2c2c1ccc1c3c(C#N)cc4c(c5ccccc5n4-c4ccccc4)c3n(-c3ccccc3)c12. The van der Waals surface area contributed by atoms with E-state index in [0.717, 1.165) is 237 Å². The first-order chi connectivity index (χ1) is 72.8. The Labute approximate surface area is 839 Å². The topological polar surface area (TPSA) is 187 Å². The molecule has 0 fully saturated rings. The van der Waals surface area contributed by atoms with Gasteiger partial charge in [-0.25, -0.2) is 0 Å². The maximum Gasteiger partial charge on any atom is 0.101 e. The van der Waals surface area contributed by atoms with Crippen molar-refractivity contribution < 1.29 is 0 Å². The molecule has 15 nitrogen and oxygen atoms in total. The zero-order valence-electron chi connectivity index (χ0n) is 78.5. The molecule has 0 radical (unpaired) electrons. The van der Waals surface area contributed by atoms with Gasteiger partial charge in [-0.15, -0.1) is 0 Å². The van der Waals surface area contributed by atoms with E-state index >= 15 is 0 Å². The van der Waals surface area contributed by atoms with E-state index in [-0.39, 0.29) is 0 Å². The molecule has 678 valence electrons. The van der Waals surface area contributed by atoms with Gasteiger partial charge in [0.2, 0.25) is 0 Å². The monoisotopic (exact) mass is 1870 g/mol. The third kappa shape index (κ3) is 12.2. The van der Waals surface area contributed by atoms with Crippen LogP contribution in [0.15, 0.2) is 455 Å². The highest BCUT2D eigenvalue weighted by Crippen LogP contribution is 2.53. The molecule has 0 amide bonds. The molecule has 0 atom stereocenters. The molecule has 147 heavy (non-hydrogen) atoms. The molecule has 0 aliphatic carbocycles. The lowest BCUT2D eigenvalue weighted by Gasteiger charge is -2.12. The maximum absolute atomic E-state index is 10.9. The third-order valence-electron chi connectivity index (χ3n) is 29.6. The molecule has 0 unspecified atom stereocenters. The second-order valence-electron chi connectivity index (χ2n) is 37.0. The number of benzene rings is 21. The van der Waals surface area contributed by atoms with Gasteiger partial charge in [0.1, 0.15) is 18.2 Å². The van der Waals surface area contributed by atoms with Gasteiger partial charge in [0.15, 0.2) is 0 Å². The Morgan fingerprint density at radius 1 is 0.122 bits per heavy atom. The molecular weight excluding hydrogens is 1800 g/mol. The molecule has 15 heteroatoms. The maximum atomic E-state index is 10.9. The van der Waals surface area contributed by atoms with Crippen LogP contribution in [0.4, 0.5) is 0 Å². The van der Waals surface area contributed by atoms with Crippen molar-refractivity contribution in [2.24, 2.45) is 0 Å². The number of hydrogen-bond donors (Lipinski definition) is 0. The predicted octanol–water partition coefficient (Wildman–Crippen LogP) is 32.2. The van der Waals surface area contributed by atoms with E-state index in [4.69, 9.17) is 0 Å². The van der Waals surface area contributed by atoms with Crippen LogP contribution in [0.1, 0.15) is 33.4 Å². The van der Waals surface area contributed by atoms with Crippen molar-refractivity contribution in [3.8, 4) is 87.6 Å². The molecule has 0 saturated carbocycles. The fraction of sp³-hybridized carbons (Fsp3) is 0. The Morgan fingerprint density at radius 2 is 0.340 bits per heavy atom. The van der Waals surface area contributed by atoms with Gasteiger partial charge in [-0.3, -0.25) is 0 Å². The second kappa shape index (κ2) is 33.2. The molecule has 0 aliphatic rings. The van der Waals surface area contributed by atoms with Crippen molar-refractivity contribution >= 4 is 196 Å². The van der Waals surface area contributed by atoms with Crippen LogP contribution >= 0.6 is 0 Å². The van der Waals surface area contributed by atoms with Gasteiger partial charge in [-0.1, -0.05) is 267 Å². The van der Waals surface area contributed by atoms with E-state index in [1.807, 2.05) is 133 Å². The van der Waals surface area contributed by atoms with Gasteiger partial charge in [0.05, 0.1) is 168 Å². The Kier molecular flexibility index (Phi) is 19.0. The molecule has 21 aromatic carbocycles. The Morgan fingerprint density at radius 3 is 0.687 bits per heavy atom. The predicted molar refractivity (Wildman–Crippen MR) is 597 cm³/mol. The summed E-state index contributed by atoms with van der Waals surface area (Å²) >= 11 is 0. The fourth-order valence-corrected chi connectivity index (χ4v) is 24.0. The van der Waals surface area contributed by atoms with Crippen molar-refractivity contribution in [3.05, 3.63) is 488 Å². The molecule has 0 spiro atoms. The van der Waals surface area contributed by atoms with Crippen molar-refractivity contribution in [2.75, 3.05) is 0 Å². The fourth-order valence-electron chi connectivity index (χ4n) is 24.0. The van der Waals surface area contributed by atoms with E-state index in [0.29, 0.717) is 33.4 Å². The summed E-state index contributed by atoms with van der Waals surface area (Å²) in [6, 6.07) is 171. The average Bonchev–Trinajstić information content (AvgIpc) is 1.53. The number of rotatable bonds is 9. The summed E-state index contributed by atoms with van der Waals surface area (Å²) in [5.74, 6) is 0. The minimum atomic E-state index is 0.572. The first-order valence-electron chi connectivity index (χ1n) is 48.8. The zero-order valence-corrected chi connectivity index (χ0v) is 78.5. The average molecular weight is 1870 g/mol. The first-order valence-corrected chi connectivity index (χ1v) is 48.8. The molecule has 0 bridgehead atoms. The van der Waals surface area contributed by atoms with Crippen molar-refractivity contribution in [2.45, 2.75) is 0 Å².